The molecule has 0 saturated carbocycles. The summed E-state index contributed by atoms with van der Waals surface area (Å²) in [4.78, 5) is 12.9. The zero-order valence-corrected chi connectivity index (χ0v) is 12.5. The maximum absolute atomic E-state index is 12.0. The van der Waals surface area contributed by atoms with E-state index in [2.05, 4.69) is 5.10 Å². The molecule has 0 spiro atoms. The standard InChI is InChI=1S/C14H15ClN2OS/c1-10-7-11(17(2)16-10)8-12(18)9-19-14-6-4-3-5-13(14)15/h3-7H,8-9H2,1-2H3. The van der Waals surface area contributed by atoms with Crippen molar-refractivity contribution in [3.05, 3.63) is 46.7 Å². The summed E-state index contributed by atoms with van der Waals surface area (Å²) in [5, 5.41) is 4.92. The van der Waals surface area contributed by atoms with Gasteiger partial charge in [-0.3, -0.25) is 9.48 Å². The van der Waals surface area contributed by atoms with Crippen molar-refractivity contribution in [2.75, 3.05) is 5.75 Å². The molecule has 2 aromatic rings. The van der Waals surface area contributed by atoms with Crippen LogP contribution in [0.4, 0.5) is 0 Å². The van der Waals surface area contributed by atoms with Gasteiger partial charge in [-0.1, -0.05) is 23.7 Å². The van der Waals surface area contributed by atoms with Gasteiger partial charge >= 0.3 is 0 Å². The van der Waals surface area contributed by atoms with Gasteiger partial charge in [-0.25, -0.2) is 0 Å². The van der Waals surface area contributed by atoms with Crippen molar-refractivity contribution in [2.45, 2.75) is 18.2 Å². The summed E-state index contributed by atoms with van der Waals surface area (Å²) in [5.74, 6) is 0.599. The molecule has 1 aromatic carbocycles. The fourth-order valence-corrected chi connectivity index (χ4v) is 2.90. The Balaban J connectivity index is 1.92. The third-order valence-corrected chi connectivity index (χ3v) is 4.28. The van der Waals surface area contributed by atoms with Crippen molar-refractivity contribution in [1.29, 1.82) is 0 Å². The van der Waals surface area contributed by atoms with E-state index in [9.17, 15) is 4.79 Å². The molecule has 5 heteroatoms. The number of benzene rings is 1. The molecule has 19 heavy (non-hydrogen) atoms. The van der Waals surface area contributed by atoms with Crippen LogP contribution in [0.3, 0.4) is 0 Å². The number of carbonyl (C=O) groups excluding carboxylic acids is 1. The molecule has 0 atom stereocenters. The second-order valence-corrected chi connectivity index (χ2v) is 5.76. The molecule has 0 radical (unpaired) electrons. The maximum atomic E-state index is 12.0. The molecule has 0 aliphatic rings. The summed E-state index contributed by atoms with van der Waals surface area (Å²) in [5.41, 5.74) is 1.88. The van der Waals surface area contributed by atoms with E-state index in [1.54, 1.807) is 4.68 Å². The zero-order chi connectivity index (χ0) is 13.8. The Morgan fingerprint density at radius 3 is 2.79 bits per heavy atom. The van der Waals surface area contributed by atoms with Crippen molar-refractivity contribution in [3.8, 4) is 0 Å². The fraction of sp³-hybridized carbons (Fsp3) is 0.286. The Morgan fingerprint density at radius 1 is 1.42 bits per heavy atom. The highest BCUT2D eigenvalue weighted by molar-refractivity contribution is 8.00. The van der Waals surface area contributed by atoms with Gasteiger partial charge in [0.15, 0.2) is 0 Å². The van der Waals surface area contributed by atoms with Crippen molar-refractivity contribution < 1.29 is 4.79 Å². The van der Waals surface area contributed by atoms with E-state index in [1.165, 1.54) is 11.8 Å². The van der Waals surface area contributed by atoms with Crippen LogP contribution in [0.2, 0.25) is 5.02 Å². The predicted molar refractivity (Wildman–Crippen MR) is 78.8 cm³/mol. The summed E-state index contributed by atoms with van der Waals surface area (Å²) in [6.45, 7) is 1.92. The Bertz CT molecular complexity index is 595. The molecule has 0 N–H and O–H groups in total. The number of Topliss-reactive ketones (excluding diaryl/α,β-unsaturated/α-hetero) is 1. The zero-order valence-electron chi connectivity index (χ0n) is 10.9. The van der Waals surface area contributed by atoms with Crippen molar-refractivity contribution in [2.24, 2.45) is 7.05 Å². The van der Waals surface area contributed by atoms with Gasteiger partial charge in [0, 0.05) is 24.1 Å². The number of aryl methyl sites for hydroxylation is 2. The fourth-order valence-electron chi connectivity index (χ4n) is 1.80. The van der Waals surface area contributed by atoms with Crippen molar-refractivity contribution >= 4 is 29.1 Å². The lowest BCUT2D eigenvalue weighted by molar-refractivity contribution is -0.116. The van der Waals surface area contributed by atoms with Crippen LogP contribution in [0, 0.1) is 6.92 Å². The third kappa shape index (κ3) is 3.85. The smallest absolute Gasteiger partial charge is 0.149 e. The summed E-state index contributed by atoms with van der Waals surface area (Å²) in [6, 6.07) is 9.50. The van der Waals surface area contributed by atoms with Gasteiger partial charge in [-0.05, 0) is 25.1 Å². The van der Waals surface area contributed by atoms with Gasteiger partial charge in [-0.2, -0.15) is 5.10 Å². The molecule has 1 aromatic heterocycles. The lowest BCUT2D eigenvalue weighted by atomic mass is 10.2. The van der Waals surface area contributed by atoms with Crippen LogP contribution < -0.4 is 0 Å². The lowest BCUT2D eigenvalue weighted by Crippen LogP contribution is -2.09. The molecule has 100 valence electrons. The van der Waals surface area contributed by atoms with Gasteiger partial charge in [0.2, 0.25) is 0 Å². The molecule has 2 rings (SSSR count). The summed E-state index contributed by atoms with van der Waals surface area (Å²) in [7, 11) is 1.86. The van der Waals surface area contributed by atoms with E-state index in [4.69, 9.17) is 11.6 Å². The molecule has 0 aliphatic carbocycles. The Kier molecular flexibility index (Phi) is 4.66. The van der Waals surface area contributed by atoms with E-state index < -0.39 is 0 Å². The van der Waals surface area contributed by atoms with E-state index in [1.807, 2.05) is 44.3 Å². The quantitative estimate of drug-likeness (QED) is 0.794. The largest absolute Gasteiger partial charge is 0.298 e. The molecule has 0 unspecified atom stereocenters. The molecule has 3 nitrogen and oxygen atoms in total. The number of halogens is 1. The van der Waals surface area contributed by atoms with Crippen LogP contribution in [-0.2, 0) is 18.3 Å². The number of hydrogen-bond donors (Lipinski definition) is 0. The maximum Gasteiger partial charge on any atom is 0.149 e. The third-order valence-electron chi connectivity index (χ3n) is 2.70. The topological polar surface area (TPSA) is 34.9 Å². The first-order valence-electron chi connectivity index (χ1n) is 5.95. The number of thioether (sulfide) groups is 1. The van der Waals surface area contributed by atoms with Crippen molar-refractivity contribution in [1.82, 2.24) is 9.78 Å². The lowest BCUT2D eigenvalue weighted by Gasteiger charge is -2.04. The van der Waals surface area contributed by atoms with E-state index >= 15 is 0 Å². The Morgan fingerprint density at radius 2 is 2.16 bits per heavy atom. The molecular weight excluding hydrogens is 280 g/mol. The van der Waals surface area contributed by atoms with E-state index in [0.717, 1.165) is 16.3 Å². The second-order valence-electron chi connectivity index (χ2n) is 4.34. The number of carbonyl (C=O) groups is 1. The van der Waals surface area contributed by atoms with Gasteiger partial charge in [-0.15, -0.1) is 11.8 Å². The highest BCUT2D eigenvalue weighted by atomic mass is 35.5. The molecule has 1 heterocycles. The van der Waals surface area contributed by atoms with Crippen LogP contribution in [-0.4, -0.2) is 21.3 Å². The number of rotatable bonds is 5. The first kappa shape index (κ1) is 14.2. The average molecular weight is 295 g/mol. The minimum atomic E-state index is 0.174. The summed E-state index contributed by atoms with van der Waals surface area (Å²) >= 11 is 7.53. The normalized spacial score (nSPS) is 10.7. The number of hydrogen-bond acceptors (Lipinski definition) is 3. The Labute approximate surface area is 122 Å². The summed E-state index contributed by atoms with van der Waals surface area (Å²) in [6.07, 6.45) is 0.412. The molecule has 0 aliphatic heterocycles. The minimum absolute atomic E-state index is 0.174. The van der Waals surface area contributed by atoms with Gasteiger partial charge < -0.3 is 0 Å². The molecule has 0 saturated heterocycles. The average Bonchev–Trinajstić information content (AvgIpc) is 2.67. The van der Waals surface area contributed by atoms with E-state index in [0.29, 0.717) is 17.2 Å². The minimum Gasteiger partial charge on any atom is -0.298 e. The first-order chi connectivity index (χ1) is 9.06. The highest BCUT2D eigenvalue weighted by Gasteiger charge is 2.10. The molecule has 0 bridgehead atoms. The molecule has 0 amide bonds. The molecular formula is C14H15ClN2OS. The van der Waals surface area contributed by atoms with Gasteiger partial charge in [0.05, 0.1) is 16.5 Å². The predicted octanol–water partition coefficient (Wildman–Crippen LogP) is 3.29. The summed E-state index contributed by atoms with van der Waals surface area (Å²) < 4.78 is 1.76. The number of aromatic nitrogens is 2. The first-order valence-corrected chi connectivity index (χ1v) is 7.31. The van der Waals surface area contributed by atoms with Gasteiger partial charge in [0.1, 0.15) is 5.78 Å². The van der Waals surface area contributed by atoms with Crippen LogP contribution in [0.1, 0.15) is 11.4 Å². The van der Waals surface area contributed by atoms with Crippen LogP contribution >= 0.6 is 23.4 Å². The van der Waals surface area contributed by atoms with Crippen LogP contribution in [0.5, 0.6) is 0 Å². The number of nitrogens with zero attached hydrogens (tertiary/aromatic N) is 2. The molecule has 0 fully saturated rings. The monoisotopic (exact) mass is 294 g/mol. The van der Waals surface area contributed by atoms with Crippen molar-refractivity contribution in [3.63, 3.8) is 0 Å². The van der Waals surface area contributed by atoms with Gasteiger partial charge in [0.25, 0.3) is 0 Å². The van der Waals surface area contributed by atoms with Crippen LogP contribution in [0.25, 0.3) is 0 Å². The SMILES string of the molecule is Cc1cc(CC(=O)CSc2ccccc2Cl)n(C)n1. The van der Waals surface area contributed by atoms with E-state index in [-0.39, 0.29) is 5.78 Å². The highest BCUT2D eigenvalue weighted by Crippen LogP contribution is 2.26. The second kappa shape index (κ2) is 6.26. The number of ketones is 1. The Hall–Kier alpha value is -1.26. The van der Waals surface area contributed by atoms with Crippen LogP contribution in [0.15, 0.2) is 35.2 Å².